The number of nitrogens with two attached hydrogens (primary N) is 1. The van der Waals surface area contributed by atoms with Gasteiger partial charge in [0.1, 0.15) is 12.4 Å². The maximum Gasteiger partial charge on any atom is 0.119 e. The lowest BCUT2D eigenvalue weighted by Crippen LogP contribution is -2.21. The van der Waals surface area contributed by atoms with Crippen LogP contribution in [0.1, 0.15) is 31.7 Å². The average Bonchev–Trinajstić information content (AvgIpc) is 2.91. The van der Waals surface area contributed by atoms with Crippen LogP contribution in [0, 0.1) is 0 Å². The first-order valence-electron chi connectivity index (χ1n) is 6.87. The first-order valence-corrected chi connectivity index (χ1v) is 6.87. The van der Waals surface area contributed by atoms with Gasteiger partial charge in [-0.1, -0.05) is 19.1 Å². The summed E-state index contributed by atoms with van der Waals surface area (Å²) in [6, 6.07) is 8.49. The van der Waals surface area contributed by atoms with E-state index < -0.39 is 0 Å². The minimum atomic E-state index is 0.253. The third kappa shape index (κ3) is 4.00. The van der Waals surface area contributed by atoms with E-state index in [1.165, 1.54) is 5.56 Å². The standard InChI is InChI=1S/C15H23NO2/c1-2-13(16)10-12-5-7-14(8-6-12)18-11-15-4-3-9-17-15/h5-8,13,15H,2-4,9-11,16H2,1H3. The van der Waals surface area contributed by atoms with Crippen molar-refractivity contribution in [3.8, 4) is 5.75 Å². The largest absolute Gasteiger partial charge is 0.491 e. The maximum absolute atomic E-state index is 5.94. The van der Waals surface area contributed by atoms with Crippen molar-refractivity contribution in [2.24, 2.45) is 5.73 Å². The highest BCUT2D eigenvalue weighted by Gasteiger charge is 2.15. The fourth-order valence-electron chi connectivity index (χ4n) is 2.13. The summed E-state index contributed by atoms with van der Waals surface area (Å²) < 4.78 is 11.2. The molecule has 1 saturated heterocycles. The Labute approximate surface area is 109 Å². The molecule has 1 fully saturated rings. The van der Waals surface area contributed by atoms with E-state index in [-0.39, 0.29) is 12.1 Å². The summed E-state index contributed by atoms with van der Waals surface area (Å²) in [5, 5.41) is 0. The molecule has 2 N–H and O–H groups in total. The smallest absolute Gasteiger partial charge is 0.119 e. The van der Waals surface area contributed by atoms with E-state index in [4.69, 9.17) is 15.2 Å². The summed E-state index contributed by atoms with van der Waals surface area (Å²) in [5.74, 6) is 0.916. The summed E-state index contributed by atoms with van der Waals surface area (Å²) >= 11 is 0. The van der Waals surface area contributed by atoms with Crippen molar-refractivity contribution < 1.29 is 9.47 Å². The van der Waals surface area contributed by atoms with Crippen LogP contribution in [-0.4, -0.2) is 25.4 Å². The molecule has 0 aromatic heterocycles. The normalized spacial score (nSPS) is 20.9. The molecule has 3 nitrogen and oxygen atoms in total. The van der Waals surface area contributed by atoms with Crippen molar-refractivity contribution in [3.05, 3.63) is 29.8 Å². The van der Waals surface area contributed by atoms with Gasteiger partial charge in [0, 0.05) is 12.6 Å². The van der Waals surface area contributed by atoms with Crippen LogP contribution in [0.4, 0.5) is 0 Å². The Morgan fingerprint density at radius 2 is 2.17 bits per heavy atom. The molecule has 1 aliphatic heterocycles. The van der Waals surface area contributed by atoms with E-state index in [2.05, 4.69) is 19.1 Å². The van der Waals surface area contributed by atoms with Crippen LogP contribution in [0.2, 0.25) is 0 Å². The molecule has 0 amide bonds. The minimum absolute atomic E-state index is 0.253. The van der Waals surface area contributed by atoms with Gasteiger partial charge in [-0.05, 0) is 43.4 Å². The first-order chi connectivity index (χ1) is 8.78. The molecule has 0 bridgehead atoms. The Morgan fingerprint density at radius 3 is 2.78 bits per heavy atom. The van der Waals surface area contributed by atoms with Gasteiger partial charge in [-0.25, -0.2) is 0 Å². The summed E-state index contributed by atoms with van der Waals surface area (Å²) in [4.78, 5) is 0. The van der Waals surface area contributed by atoms with Crippen LogP contribution in [0.3, 0.4) is 0 Å². The minimum Gasteiger partial charge on any atom is -0.491 e. The van der Waals surface area contributed by atoms with E-state index in [9.17, 15) is 0 Å². The molecule has 2 atom stereocenters. The van der Waals surface area contributed by atoms with Crippen molar-refractivity contribution in [2.45, 2.75) is 44.8 Å². The number of hydrogen-bond acceptors (Lipinski definition) is 3. The van der Waals surface area contributed by atoms with Crippen LogP contribution >= 0.6 is 0 Å². The van der Waals surface area contributed by atoms with Crippen LogP contribution in [-0.2, 0) is 11.2 Å². The topological polar surface area (TPSA) is 44.5 Å². The molecule has 1 aromatic carbocycles. The molecule has 2 unspecified atom stereocenters. The fourth-order valence-corrected chi connectivity index (χ4v) is 2.13. The first kappa shape index (κ1) is 13.4. The van der Waals surface area contributed by atoms with E-state index >= 15 is 0 Å². The van der Waals surface area contributed by atoms with Crippen molar-refractivity contribution in [2.75, 3.05) is 13.2 Å². The van der Waals surface area contributed by atoms with Crippen molar-refractivity contribution in [1.82, 2.24) is 0 Å². The predicted octanol–water partition coefficient (Wildman–Crippen LogP) is 2.52. The van der Waals surface area contributed by atoms with Crippen LogP contribution in [0.25, 0.3) is 0 Å². The summed E-state index contributed by atoms with van der Waals surface area (Å²) in [7, 11) is 0. The molecule has 0 aliphatic carbocycles. The number of rotatable bonds is 6. The number of ether oxygens (including phenoxy) is 2. The second-order valence-electron chi connectivity index (χ2n) is 4.96. The maximum atomic E-state index is 5.94. The Morgan fingerprint density at radius 1 is 1.39 bits per heavy atom. The highest BCUT2D eigenvalue weighted by atomic mass is 16.5. The lowest BCUT2D eigenvalue weighted by atomic mass is 10.0. The Hall–Kier alpha value is -1.06. The molecule has 0 saturated carbocycles. The van der Waals surface area contributed by atoms with Gasteiger partial charge in [0.15, 0.2) is 0 Å². The zero-order valence-electron chi connectivity index (χ0n) is 11.1. The van der Waals surface area contributed by atoms with Gasteiger partial charge < -0.3 is 15.2 Å². The van der Waals surface area contributed by atoms with Crippen molar-refractivity contribution >= 4 is 0 Å². The van der Waals surface area contributed by atoms with E-state index in [0.29, 0.717) is 6.61 Å². The van der Waals surface area contributed by atoms with E-state index in [1.807, 2.05) is 12.1 Å². The Bertz CT molecular complexity index is 344. The lowest BCUT2D eigenvalue weighted by molar-refractivity contribution is 0.0679. The molecule has 2 rings (SSSR count). The van der Waals surface area contributed by atoms with Crippen LogP contribution in [0.15, 0.2) is 24.3 Å². The SMILES string of the molecule is CCC(N)Cc1ccc(OCC2CCCO2)cc1. The molecular weight excluding hydrogens is 226 g/mol. The van der Waals surface area contributed by atoms with Gasteiger partial charge in [0.2, 0.25) is 0 Å². The molecule has 3 heteroatoms. The molecule has 0 spiro atoms. The fraction of sp³-hybridized carbons (Fsp3) is 0.600. The van der Waals surface area contributed by atoms with Gasteiger partial charge in [-0.2, -0.15) is 0 Å². The van der Waals surface area contributed by atoms with Gasteiger partial charge in [0.25, 0.3) is 0 Å². The molecule has 1 aromatic rings. The van der Waals surface area contributed by atoms with Crippen molar-refractivity contribution in [3.63, 3.8) is 0 Å². The van der Waals surface area contributed by atoms with Gasteiger partial charge in [-0.15, -0.1) is 0 Å². The van der Waals surface area contributed by atoms with E-state index in [1.54, 1.807) is 0 Å². The van der Waals surface area contributed by atoms with Gasteiger partial charge in [0.05, 0.1) is 6.10 Å². The average molecular weight is 249 g/mol. The number of benzene rings is 1. The van der Waals surface area contributed by atoms with Gasteiger partial charge >= 0.3 is 0 Å². The monoisotopic (exact) mass is 249 g/mol. The highest BCUT2D eigenvalue weighted by molar-refractivity contribution is 5.27. The quantitative estimate of drug-likeness (QED) is 0.842. The third-order valence-corrected chi connectivity index (χ3v) is 3.41. The lowest BCUT2D eigenvalue weighted by Gasteiger charge is -2.12. The summed E-state index contributed by atoms with van der Waals surface area (Å²) in [5.41, 5.74) is 7.21. The predicted molar refractivity (Wildman–Crippen MR) is 72.9 cm³/mol. The van der Waals surface area contributed by atoms with Gasteiger partial charge in [-0.3, -0.25) is 0 Å². The summed E-state index contributed by atoms with van der Waals surface area (Å²) in [6.45, 7) is 3.65. The zero-order valence-corrected chi connectivity index (χ0v) is 11.1. The second-order valence-corrected chi connectivity index (χ2v) is 4.96. The second kappa shape index (κ2) is 6.76. The van der Waals surface area contributed by atoms with E-state index in [0.717, 1.165) is 38.0 Å². The molecule has 0 radical (unpaired) electrons. The van der Waals surface area contributed by atoms with Crippen LogP contribution < -0.4 is 10.5 Å². The zero-order chi connectivity index (χ0) is 12.8. The molecular formula is C15H23NO2. The van der Waals surface area contributed by atoms with Crippen molar-refractivity contribution in [1.29, 1.82) is 0 Å². The Kier molecular flexibility index (Phi) is 5.02. The molecule has 18 heavy (non-hydrogen) atoms. The highest BCUT2D eigenvalue weighted by Crippen LogP contribution is 2.17. The number of hydrogen-bond donors (Lipinski definition) is 1. The third-order valence-electron chi connectivity index (χ3n) is 3.41. The molecule has 1 heterocycles. The molecule has 1 aliphatic rings. The molecule has 100 valence electrons. The summed E-state index contributed by atoms with van der Waals surface area (Å²) in [6.07, 6.45) is 4.49. The van der Waals surface area contributed by atoms with Crippen LogP contribution in [0.5, 0.6) is 5.75 Å². The Balaban J connectivity index is 1.79.